The van der Waals surface area contributed by atoms with Crippen molar-refractivity contribution in [3.05, 3.63) is 35.4 Å². The molecule has 120 valence electrons. The van der Waals surface area contributed by atoms with Gasteiger partial charge in [0, 0.05) is 30.0 Å². The van der Waals surface area contributed by atoms with Crippen molar-refractivity contribution >= 4 is 0 Å². The maximum Gasteiger partial charge on any atom is 0.273 e. The van der Waals surface area contributed by atoms with Gasteiger partial charge in [-0.1, -0.05) is 37.1 Å². The summed E-state index contributed by atoms with van der Waals surface area (Å²) in [6.07, 6.45) is 5.69. The molecule has 1 saturated carbocycles. The maximum atomic E-state index is 14.1. The van der Waals surface area contributed by atoms with Gasteiger partial charge in [-0.15, -0.1) is 0 Å². The summed E-state index contributed by atoms with van der Waals surface area (Å²) in [6, 6.07) is 7.36. The molecule has 4 heteroatoms. The van der Waals surface area contributed by atoms with Gasteiger partial charge in [0.05, 0.1) is 12.7 Å². The van der Waals surface area contributed by atoms with Gasteiger partial charge in [0.25, 0.3) is 5.92 Å². The molecule has 0 aromatic heterocycles. The second-order valence-electron chi connectivity index (χ2n) is 6.98. The van der Waals surface area contributed by atoms with Crippen LogP contribution < -0.4 is 5.32 Å². The molecule has 22 heavy (non-hydrogen) atoms. The number of nitrogens with one attached hydrogen (secondary N) is 1. The van der Waals surface area contributed by atoms with Gasteiger partial charge in [-0.3, -0.25) is 0 Å². The topological polar surface area (TPSA) is 21.3 Å². The van der Waals surface area contributed by atoms with Crippen LogP contribution in [0.1, 0.15) is 55.7 Å². The third kappa shape index (κ3) is 2.46. The fraction of sp³-hybridized carbons (Fsp3) is 0.667. The summed E-state index contributed by atoms with van der Waals surface area (Å²) in [6.45, 7) is 0.727. The lowest BCUT2D eigenvalue weighted by Gasteiger charge is -2.35. The summed E-state index contributed by atoms with van der Waals surface area (Å²) in [4.78, 5) is 0. The first-order chi connectivity index (χ1) is 10.6. The van der Waals surface area contributed by atoms with Crippen LogP contribution in [0.15, 0.2) is 24.3 Å². The third-order valence-electron chi connectivity index (χ3n) is 5.65. The predicted molar refractivity (Wildman–Crippen MR) is 80.9 cm³/mol. The lowest BCUT2D eigenvalue weighted by Crippen LogP contribution is -2.42. The fourth-order valence-corrected chi connectivity index (χ4v) is 4.50. The number of halogens is 2. The van der Waals surface area contributed by atoms with Crippen molar-refractivity contribution in [1.29, 1.82) is 0 Å². The minimum absolute atomic E-state index is 0.0325. The Morgan fingerprint density at radius 3 is 2.82 bits per heavy atom. The first-order valence-electron chi connectivity index (χ1n) is 8.50. The number of fused-ring (bicyclic) bond motifs is 2. The molecule has 1 aromatic carbocycles. The van der Waals surface area contributed by atoms with Gasteiger partial charge < -0.3 is 10.1 Å². The molecule has 0 bridgehead atoms. The Labute approximate surface area is 130 Å². The van der Waals surface area contributed by atoms with E-state index in [4.69, 9.17) is 4.74 Å². The lowest BCUT2D eigenvalue weighted by atomic mass is 9.81. The monoisotopic (exact) mass is 307 g/mol. The normalized spacial score (nSPS) is 36.6. The SMILES string of the molecule is FC1(F)CCC(NC2COC3CCCCC23)c2ccccc21. The number of ether oxygens (including phenoxy) is 1. The Balaban J connectivity index is 1.54. The molecule has 2 fully saturated rings. The van der Waals surface area contributed by atoms with Crippen molar-refractivity contribution in [2.75, 3.05) is 6.61 Å². The summed E-state index contributed by atoms with van der Waals surface area (Å²) >= 11 is 0. The minimum Gasteiger partial charge on any atom is -0.376 e. The molecule has 2 aliphatic carbocycles. The van der Waals surface area contributed by atoms with Crippen LogP contribution in [0.2, 0.25) is 0 Å². The molecule has 1 aromatic rings. The van der Waals surface area contributed by atoms with E-state index in [0.717, 1.165) is 18.6 Å². The Kier molecular flexibility index (Phi) is 3.69. The molecule has 2 nitrogen and oxygen atoms in total. The smallest absolute Gasteiger partial charge is 0.273 e. The number of alkyl halides is 2. The van der Waals surface area contributed by atoms with E-state index in [1.165, 1.54) is 19.3 Å². The van der Waals surface area contributed by atoms with Crippen LogP contribution in [-0.2, 0) is 10.7 Å². The fourth-order valence-electron chi connectivity index (χ4n) is 4.50. The number of hydrogen-bond donors (Lipinski definition) is 1. The van der Waals surface area contributed by atoms with Gasteiger partial charge in [0.1, 0.15) is 0 Å². The molecule has 4 unspecified atom stereocenters. The largest absolute Gasteiger partial charge is 0.376 e. The summed E-state index contributed by atoms with van der Waals surface area (Å²) < 4.78 is 34.1. The summed E-state index contributed by atoms with van der Waals surface area (Å²) in [5.41, 5.74) is 0.982. The van der Waals surface area contributed by atoms with Gasteiger partial charge >= 0.3 is 0 Å². The minimum atomic E-state index is -2.69. The van der Waals surface area contributed by atoms with E-state index in [0.29, 0.717) is 24.5 Å². The van der Waals surface area contributed by atoms with Crippen molar-refractivity contribution in [1.82, 2.24) is 5.32 Å². The zero-order valence-corrected chi connectivity index (χ0v) is 12.7. The molecule has 1 saturated heterocycles. The average Bonchev–Trinajstić information content (AvgIpc) is 2.94. The quantitative estimate of drug-likeness (QED) is 0.886. The Hall–Kier alpha value is -1.00. The molecule has 1 heterocycles. The van der Waals surface area contributed by atoms with Crippen molar-refractivity contribution in [2.24, 2.45) is 5.92 Å². The highest BCUT2D eigenvalue weighted by Crippen LogP contribution is 2.45. The Morgan fingerprint density at radius 1 is 1.09 bits per heavy atom. The molecule has 4 atom stereocenters. The van der Waals surface area contributed by atoms with E-state index in [1.807, 2.05) is 12.1 Å². The molecule has 4 rings (SSSR count). The highest BCUT2D eigenvalue weighted by Gasteiger charge is 2.43. The van der Waals surface area contributed by atoms with E-state index in [2.05, 4.69) is 5.32 Å². The van der Waals surface area contributed by atoms with Gasteiger partial charge in [-0.05, 0) is 24.8 Å². The van der Waals surface area contributed by atoms with Gasteiger partial charge in [0.15, 0.2) is 0 Å². The van der Waals surface area contributed by atoms with Crippen LogP contribution in [0.5, 0.6) is 0 Å². The van der Waals surface area contributed by atoms with Crippen LogP contribution in [-0.4, -0.2) is 18.8 Å². The van der Waals surface area contributed by atoms with E-state index in [9.17, 15) is 8.78 Å². The molecule has 0 spiro atoms. The lowest BCUT2D eigenvalue weighted by molar-refractivity contribution is -0.0274. The molecular formula is C18H23F2NO. The first kappa shape index (κ1) is 14.6. The molecule has 0 amide bonds. The van der Waals surface area contributed by atoms with Gasteiger partial charge in [0.2, 0.25) is 0 Å². The highest BCUT2D eigenvalue weighted by atomic mass is 19.3. The standard InChI is InChI=1S/C18H23F2NO/c19-18(20)10-9-15(12-5-1-3-7-14(12)18)21-16-11-22-17-8-4-2-6-13(16)17/h1,3,5,7,13,15-17,21H,2,4,6,8-11H2. The molecule has 1 N–H and O–H groups in total. The van der Waals surface area contributed by atoms with E-state index < -0.39 is 5.92 Å². The van der Waals surface area contributed by atoms with Crippen molar-refractivity contribution < 1.29 is 13.5 Å². The van der Waals surface area contributed by atoms with Crippen LogP contribution in [0.3, 0.4) is 0 Å². The van der Waals surface area contributed by atoms with Crippen LogP contribution in [0.25, 0.3) is 0 Å². The van der Waals surface area contributed by atoms with Crippen LogP contribution in [0.4, 0.5) is 8.78 Å². The average molecular weight is 307 g/mol. The van der Waals surface area contributed by atoms with E-state index in [1.54, 1.807) is 12.1 Å². The van der Waals surface area contributed by atoms with Crippen LogP contribution >= 0.6 is 0 Å². The van der Waals surface area contributed by atoms with E-state index in [-0.39, 0.29) is 18.0 Å². The molecule has 1 aliphatic heterocycles. The van der Waals surface area contributed by atoms with Crippen molar-refractivity contribution in [2.45, 2.75) is 62.6 Å². The second-order valence-corrected chi connectivity index (χ2v) is 6.98. The van der Waals surface area contributed by atoms with Gasteiger partial charge in [-0.2, -0.15) is 0 Å². The zero-order valence-electron chi connectivity index (χ0n) is 12.7. The zero-order chi connectivity index (χ0) is 15.2. The summed E-state index contributed by atoms with van der Waals surface area (Å²) in [5, 5.41) is 3.65. The van der Waals surface area contributed by atoms with E-state index >= 15 is 0 Å². The third-order valence-corrected chi connectivity index (χ3v) is 5.65. The predicted octanol–water partition coefficient (Wildman–Crippen LogP) is 4.16. The number of hydrogen-bond acceptors (Lipinski definition) is 2. The molecule has 3 aliphatic rings. The summed E-state index contributed by atoms with van der Waals surface area (Å²) in [5.74, 6) is -2.13. The summed E-state index contributed by atoms with van der Waals surface area (Å²) in [7, 11) is 0. The van der Waals surface area contributed by atoms with Crippen LogP contribution in [0, 0.1) is 5.92 Å². The Morgan fingerprint density at radius 2 is 1.91 bits per heavy atom. The second kappa shape index (κ2) is 5.57. The first-order valence-corrected chi connectivity index (χ1v) is 8.50. The molecular weight excluding hydrogens is 284 g/mol. The van der Waals surface area contributed by atoms with Crippen molar-refractivity contribution in [3.8, 4) is 0 Å². The van der Waals surface area contributed by atoms with Gasteiger partial charge in [-0.25, -0.2) is 8.78 Å². The highest BCUT2D eigenvalue weighted by molar-refractivity contribution is 5.36. The van der Waals surface area contributed by atoms with Crippen molar-refractivity contribution in [3.63, 3.8) is 0 Å². The number of rotatable bonds is 2. The Bertz CT molecular complexity index is 548. The molecule has 0 radical (unpaired) electrons. The maximum absolute atomic E-state index is 14.1. The number of benzene rings is 1.